The Bertz CT molecular complexity index is 515. The molecular formula is C14H22F3IN4O. The number of nitrogens with one attached hydrogen (secondary N) is 2. The molecule has 9 heteroatoms. The predicted molar refractivity (Wildman–Crippen MR) is 94.3 cm³/mol. The number of alkyl halides is 3. The molecule has 0 spiro atoms. The summed E-state index contributed by atoms with van der Waals surface area (Å²) in [6, 6.07) is 3.29. The minimum absolute atomic E-state index is 0. The lowest BCUT2D eigenvalue weighted by Crippen LogP contribution is -2.47. The first kappa shape index (κ1) is 21.7. The molecule has 5 nitrogen and oxygen atoms in total. The van der Waals surface area contributed by atoms with Crippen molar-refractivity contribution in [1.82, 2.24) is 15.6 Å². The third-order valence-electron chi connectivity index (χ3n) is 2.39. The van der Waals surface area contributed by atoms with E-state index in [0.29, 0.717) is 11.5 Å². The van der Waals surface area contributed by atoms with Gasteiger partial charge in [0.15, 0.2) is 12.6 Å². The first-order valence-corrected chi connectivity index (χ1v) is 6.73. The maximum Gasteiger partial charge on any atom is 0.422 e. The van der Waals surface area contributed by atoms with Crippen molar-refractivity contribution in [3.63, 3.8) is 0 Å². The first-order chi connectivity index (χ1) is 10.1. The van der Waals surface area contributed by atoms with E-state index < -0.39 is 12.8 Å². The highest BCUT2D eigenvalue weighted by Gasteiger charge is 2.29. The van der Waals surface area contributed by atoms with Gasteiger partial charge in [0.05, 0.1) is 0 Å². The highest BCUT2D eigenvalue weighted by molar-refractivity contribution is 14.0. The topological polar surface area (TPSA) is 58.5 Å². The zero-order valence-corrected chi connectivity index (χ0v) is 15.8. The third-order valence-corrected chi connectivity index (χ3v) is 2.39. The Morgan fingerprint density at radius 2 is 1.96 bits per heavy atom. The molecule has 0 aliphatic rings. The summed E-state index contributed by atoms with van der Waals surface area (Å²) in [6.07, 6.45) is -3.01. The molecule has 0 atom stereocenters. The van der Waals surface area contributed by atoms with Crippen molar-refractivity contribution in [1.29, 1.82) is 0 Å². The normalized spacial score (nSPS) is 12.4. The van der Waals surface area contributed by atoms with Gasteiger partial charge in [-0.05, 0) is 26.8 Å². The van der Waals surface area contributed by atoms with Gasteiger partial charge in [0.25, 0.3) is 0 Å². The molecule has 23 heavy (non-hydrogen) atoms. The van der Waals surface area contributed by atoms with E-state index in [1.54, 1.807) is 19.2 Å². The summed E-state index contributed by atoms with van der Waals surface area (Å²) in [5, 5.41) is 6.17. The van der Waals surface area contributed by atoms with E-state index in [9.17, 15) is 13.2 Å². The molecule has 0 aliphatic carbocycles. The number of ether oxygens (including phenoxy) is 1. The summed E-state index contributed by atoms with van der Waals surface area (Å²) in [5.41, 5.74) is 0.329. The van der Waals surface area contributed by atoms with Gasteiger partial charge in [-0.25, -0.2) is 4.98 Å². The van der Waals surface area contributed by atoms with Gasteiger partial charge in [0, 0.05) is 30.9 Å². The zero-order chi connectivity index (χ0) is 16.8. The molecule has 2 N–H and O–H groups in total. The summed E-state index contributed by atoms with van der Waals surface area (Å²) in [6.45, 7) is 4.80. The van der Waals surface area contributed by atoms with Crippen LogP contribution in [-0.4, -0.2) is 36.3 Å². The maximum absolute atomic E-state index is 12.2. The second-order valence-corrected chi connectivity index (χ2v) is 5.67. The monoisotopic (exact) mass is 446 g/mol. The van der Waals surface area contributed by atoms with Gasteiger partial charge < -0.3 is 15.4 Å². The number of rotatable bonds is 4. The van der Waals surface area contributed by atoms with Crippen molar-refractivity contribution in [2.75, 3.05) is 13.7 Å². The molecule has 0 aliphatic heterocycles. The number of aliphatic imine (C=N–C) groups is 1. The molecule has 132 valence electrons. The number of nitrogens with zero attached hydrogens (tertiary/aromatic N) is 2. The minimum Gasteiger partial charge on any atom is -0.468 e. The van der Waals surface area contributed by atoms with Crippen LogP contribution in [0.15, 0.2) is 23.3 Å². The SMILES string of the molecule is CN=C(NCc1cccnc1OCC(F)(F)F)NC(C)(C)C.I. The van der Waals surface area contributed by atoms with Crippen LogP contribution in [-0.2, 0) is 6.54 Å². The predicted octanol–water partition coefficient (Wildman–Crippen LogP) is 3.10. The number of pyridine rings is 1. The Kier molecular flexibility index (Phi) is 8.64. The molecule has 0 bridgehead atoms. The molecule has 1 aromatic heterocycles. The molecule has 0 saturated carbocycles. The Balaban J connectivity index is 0.00000484. The smallest absolute Gasteiger partial charge is 0.422 e. The van der Waals surface area contributed by atoms with E-state index in [1.165, 1.54) is 6.20 Å². The molecular weight excluding hydrogens is 424 g/mol. The van der Waals surface area contributed by atoms with E-state index >= 15 is 0 Å². The lowest BCUT2D eigenvalue weighted by molar-refractivity contribution is -0.154. The summed E-state index contributed by atoms with van der Waals surface area (Å²) in [5.74, 6) is 0.497. The second-order valence-electron chi connectivity index (χ2n) is 5.67. The van der Waals surface area contributed by atoms with E-state index in [1.807, 2.05) is 20.8 Å². The second kappa shape index (κ2) is 9.14. The van der Waals surface area contributed by atoms with E-state index in [4.69, 9.17) is 4.74 Å². The van der Waals surface area contributed by atoms with Gasteiger partial charge in [-0.2, -0.15) is 13.2 Å². The molecule has 0 radical (unpaired) electrons. The largest absolute Gasteiger partial charge is 0.468 e. The lowest BCUT2D eigenvalue weighted by atomic mass is 10.1. The fourth-order valence-electron chi connectivity index (χ4n) is 1.55. The highest BCUT2D eigenvalue weighted by Crippen LogP contribution is 2.19. The molecule has 0 unspecified atom stereocenters. The van der Waals surface area contributed by atoms with Crippen molar-refractivity contribution in [2.24, 2.45) is 4.99 Å². The molecule has 0 saturated heterocycles. The fraction of sp³-hybridized carbons (Fsp3) is 0.571. The number of halogens is 4. The van der Waals surface area contributed by atoms with Crippen molar-refractivity contribution in [3.8, 4) is 5.88 Å². The first-order valence-electron chi connectivity index (χ1n) is 6.73. The molecule has 1 aromatic rings. The van der Waals surface area contributed by atoms with Crippen LogP contribution in [0.25, 0.3) is 0 Å². The average Bonchev–Trinajstić information content (AvgIpc) is 2.40. The quantitative estimate of drug-likeness (QED) is 0.424. The maximum atomic E-state index is 12.2. The van der Waals surface area contributed by atoms with Crippen molar-refractivity contribution >= 4 is 29.9 Å². The van der Waals surface area contributed by atoms with Crippen LogP contribution in [0.2, 0.25) is 0 Å². The summed E-state index contributed by atoms with van der Waals surface area (Å²) in [4.78, 5) is 7.89. The Hall–Kier alpha value is -1.26. The zero-order valence-electron chi connectivity index (χ0n) is 13.5. The minimum atomic E-state index is -4.40. The van der Waals surface area contributed by atoms with Gasteiger partial charge >= 0.3 is 6.18 Å². The van der Waals surface area contributed by atoms with Crippen molar-refractivity contribution in [3.05, 3.63) is 23.9 Å². The van der Waals surface area contributed by atoms with Crippen molar-refractivity contribution < 1.29 is 17.9 Å². The molecule has 1 rings (SSSR count). The van der Waals surface area contributed by atoms with Gasteiger partial charge in [-0.15, -0.1) is 24.0 Å². The number of hydrogen-bond donors (Lipinski definition) is 2. The van der Waals surface area contributed by atoms with E-state index in [2.05, 4.69) is 20.6 Å². The standard InChI is InChI=1S/C14H21F3N4O.HI/c1-13(2,3)21-12(18-4)20-8-10-6-5-7-19-11(10)22-9-14(15,16)17;/h5-7H,8-9H2,1-4H3,(H2,18,20,21);1H. The van der Waals surface area contributed by atoms with Crippen LogP contribution in [0.1, 0.15) is 26.3 Å². The molecule has 0 amide bonds. The van der Waals surface area contributed by atoms with Crippen LogP contribution >= 0.6 is 24.0 Å². The fourth-order valence-corrected chi connectivity index (χ4v) is 1.55. The van der Waals surface area contributed by atoms with Crippen molar-refractivity contribution in [2.45, 2.75) is 39.0 Å². The number of hydrogen-bond acceptors (Lipinski definition) is 3. The molecule has 1 heterocycles. The summed E-state index contributed by atoms with van der Waals surface area (Å²) in [7, 11) is 1.62. The Labute approximate surface area is 151 Å². The van der Waals surface area contributed by atoms with E-state index in [0.717, 1.165) is 0 Å². The van der Waals surface area contributed by atoms with Crippen LogP contribution < -0.4 is 15.4 Å². The highest BCUT2D eigenvalue weighted by atomic mass is 127. The summed E-state index contributed by atoms with van der Waals surface area (Å²) < 4.78 is 41.4. The molecule has 0 aromatic carbocycles. The Morgan fingerprint density at radius 3 is 2.48 bits per heavy atom. The number of guanidine groups is 1. The number of aromatic nitrogens is 1. The molecule has 0 fully saturated rings. The van der Waals surface area contributed by atoms with Crippen LogP contribution in [0.4, 0.5) is 13.2 Å². The lowest BCUT2D eigenvalue weighted by Gasteiger charge is -2.24. The third kappa shape index (κ3) is 9.47. The van der Waals surface area contributed by atoms with Crippen LogP contribution in [0.3, 0.4) is 0 Å². The van der Waals surface area contributed by atoms with Crippen LogP contribution in [0, 0.1) is 0 Å². The van der Waals surface area contributed by atoms with E-state index in [-0.39, 0.29) is 41.9 Å². The Morgan fingerprint density at radius 1 is 1.30 bits per heavy atom. The summed E-state index contributed by atoms with van der Waals surface area (Å²) >= 11 is 0. The van der Waals surface area contributed by atoms with Crippen LogP contribution in [0.5, 0.6) is 5.88 Å². The van der Waals surface area contributed by atoms with Gasteiger partial charge in [-0.1, -0.05) is 6.07 Å². The van der Waals surface area contributed by atoms with Gasteiger partial charge in [0.2, 0.25) is 5.88 Å². The average molecular weight is 446 g/mol. The van der Waals surface area contributed by atoms with Gasteiger partial charge in [0.1, 0.15) is 0 Å². The van der Waals surface area contributed by atoms with Gasteiger partial charge in [-0.3, -0.25) is 4.99 Å².